The molecule has 0 saturated heterocycles. The van der Waals surface area contributed by atoms with Crippen molar-refractivity contribution in [3.05, 3.63) is 58.9 Å². The van der Waals surface area contributed by atoms with Crippen LogP contribution in [0.5, 0.6) is 0 Å². The van der Waals surface area contributed by atoms with Gasteiger partial charge in [0.15, 0.2) is 0 Å². The highest BCUT2D eigenvalue weighted by molar-refractivity contribution is 7.15. The molecule has 2 aromatic heterocycles. The summed E-state index contributed by atoms with van der Waals surface area (Å²) in [6.45, 7) is 2.04. The van der Waals surface area contributed by atoms with Crippen molar-refractivity contribution in [1.29, 1.82) is 0 Å². The standard InChI is InChI=1S/C14H13N3S/c1-10-14(12-7-8-15-17-12)18-13(16-10)9-11-5-3-2-4-6-11/h2-8H,9H2,1H3,(H,15,17). The number of aromatic amines is 1. The second-order valence-corrected chi connectivity index (χ2v) is 5.24. The molecule has 0 aliphatic rings. The van der Waals surface area contributed by atoms with Gasteiger partial charge in [-0.3, -0.25) is 5.10 Å². The first-order valence-corrected chi connectivity index (χ1v) is 6.64. The number of hydrogen-bond acceptors (Lipinski definition) is 3. The molecule has 0 fully saturated rings. The van der Waals surface area contributed by atoms with E-state index in [0.29, 0.717) is 0 Å². The Morgan fingerprint density at radius 2 is 2.00 bits per heavy atom. The molecule has 3 aromatic rings. The van der Waals surface area contributed by atoms with Crippen LogP contribution in [0.25, 0.3) is 10.6 Å². The van der Waals surface area contributed by atoms with E-state index in [4.69, 9.17) is 0 Å². The van der Waals surface area contributed by atoms with Gasteiger partial charge in [0.25, 0.3) is 0 Å². The summed E-state index contributed by atoms with van der Waals surface area (Å²) in [5, 5.41) is 8.12. The molecule has 0 unspecified atom stereocenters. The fourth-order valence-corrected chi connectivity index (χ4v) is 3.00. The number of aryl methyl sites for hydroxylation is 1. The zero-order valence-electron chi connectivity index (χ0n) is 10.1. The van der Waals surface area contributed by atoms with Gasteiger partial charge in [-0.15, -0.1) is 11.3 Å². The number of nitrogens with zero attached hydrogens (tertiary/aromatic N) is 2. The van der Waals surface area contributed by atoms with E-state index in [1.54, 1.807) is 17.5 Å². The summed E-state index contributed by atoms with van der Waals surface area (Å²) in [5.41, 5.74) is 3.40. The number of aromatic nitrogens is 3. The molecule has 2 heterocycles. The lowest BCUT2D eigenvalue weighted by Gasteiger charge is -1.95. The van der Waals surface area contributed by atoms with Gasteiger partial charge in [0.05, 0.1) is 21.3 Å². The van der Waals surface area contributed by atoms with E-state index in [0.717, 1.165) is 22.8 Å². The van der Waals surface area contributed by atoms with E-state index in [9.17, 15) is 0 Å². The molecule has 0 aliphatic carbocycles. The zero-order valence-corrected chi connectivity index (χ0v) is 10.9. The van der Waals surface area contributed by atoms with Crippen molar-refractivity contribution in [3.8, 4) is 10.6 Å². The van der Waals surface area contributed by atoms with Gasteiger partial charge < -0.3 is 0 Å². The Kier molecular flexibility index (Phi) is 2.94. The van der Waals surface area contributed by atoms with Crippen molar-refractivity contribution in [3.63, 3.8) is 0 Å². The molecule has 1 N–H and O–H groups in total. The fraction of sp³-hybridized carbons (Fsp3) is 0.143. The molecule has 3 nitrogen and oxygen atoms in total. The molecular weight excluding hydrogens is 242 g/mol. The lowest BCUT2D eigenvalue weighted by atomic mass is 10.2. The van der Waals surface area contributed by atoms with Crippen molar-refractivity contribution in [2.45, 2.75) is 13.3 Å². The van der Waals surface area contributed by atoms with Crippen LogP contribution >= 0.6 is 11.3 Å². The Morgan fingerprint density at radius 1 is 1.17 bits per heavy atom. The Balaban J connectivity index is 1.89. The van der Waals surface area contributed by atoms with Crippen molar-refractivity contribution < 1.29 is 0 Å². The monoisotopic (exact) mass is 255 g/mol. The van der Waals surface area contributed by atoms with Gasteiger partial charge in [-0.1, -0.05) is 30.3 Å². The van der Waals surface area contributed by atoms with Crippen LogP contribution in [0.2, 0.25) is 0 Å². The SMILES string of the molecule is Cc1nc(Cc2ccccc2)sc1-c1ccn[nH]1. The van der Waals surface area contributed by atoms with E-state index in [-0.39, 0.29) is 0 Å². The second kappa shape index (κ2) is 4.74. The molecular formula is C14H13N3S. The summed E-state index contributed by atoms with van der Waals surface area (Å²) in [6, 6.07) is 12.4. The summed E-state index contributed by atoms with van der Waals surface area (Å²) in [7, 11) is 0. The lowest BCUT2D eigenvalue weighted by molar-refractivity contribution is 1.08. The summed E-state index contributed by atoms with van der Waals surface area (Å²) in [6.07, 6.45) is 2.66. The number of thiazole rings is 1. The van der Waals surface area contributed by atoms with Crippen LogP contribution in [0.3, 0.4) is 0 Å². The Bertz CT molecular complexity index is 626. The summed E-state index contributed by atoms with van der Waals surface area (Å²) in [5.74, 6) is 0. The largest absolute Gasteiger partial charge is 0.277 e. The quantitative estimate of drug-likeness (QED) is 0.779. The van der Waals surface area contributed by atoms with E-state index in [1.165, 1.54) is 10.4 Å². The van der Waals surface area contributed by atoms with Crippen molar-refractivity contribution >= 4 is 11.3 Å². The smallest absolute Gasteiger partial charge is 0.0979 e. The van der Waals surface area contributed by atoms with E-state index < -0.39 is 0 Å². The molecule has 0 saturated carbocycles. The number of hydrogen-bond donors (Lipinski definition) is 1. The van der Waals surface area contributed by atoms with E-state index in [1.807, 2.05) is 19.1 Å². The maximum Gasteiger partial charge on any atom is 0.0979 e. The third-order valence-corrected chi connectivity index (χ3v) is 3.98. The fourth-order valence-electron chi connectivity index (χ4n) is 1.93. The summed E-state index contributed by atoms with van der Waals surface area (Å²) < 4.78 is 0. The maximum absolute atomic E-state index is 4.63. The molecule has 3 rings (SSSR count). The van der Waals surface area contributed by atoms with Gasteiger partial charge in [-0.2, -0.15) is 5.10 Å². The van der Waals surface area contributed by atoms with Gasteiger partial charge in [-0.05, 0) is 18.6 Å². The molecule has 4 heteroatoms. The molecule has 0 bridgehead atoms. The van der Waals surface area contributed by atoms with Crippen molar-refractivity contribution in [2.24, 2.45) is 0 Å². The second-order valence-electron chi connectivity index (χ2n) is 4.15. The average molecular weight is 255 g/mol. The minimum Gasteiger partial charge on any atom is -0.277 e. The van der Waals surface area contributed by atoms with Crippen LogP contribution in [-0.4, -0.2) is 15.2 Å². The van der Waals surface area contributed by atoms with Gasteiger partial charge in [-0.25, -0.2) is 4.98 Å². The van der Waals surface area contributed by atoms with Crippen LogP contribution in [0.15, 0.2) is 42.6 Å². The number of nitrogens with one attached hydrogen (secondary N) is 1. The van der Waals surface area contributed by atoms with Crippen LogP contribution in [-0.2, 0) is 6.42 Å². The van der Waals surface area contributed by atoms with Crippen LogP contribution < -0.4 is 0 Å². The number of benzene rings is 1. The predicted octanol–water partition coefficient (Wildman–Crippen LogP) is 3.43. The third-order valence-electron chi connectivity index (χ3n) is 2.78. The van der Waals surface area contributed by atoms with Gasteiger partial charge >= 0.3 is 0 Å². The topological polar surface area (TPSA) is 41.6 Å². The minimum absolute atomic E-state index is 0.889. The van der Waals surface area contributed by atoms with Gasteiger partial charge in [0.2, 0.25) is 0 Å². The third kappa shape index (κ3) is 2.19. The van der Waals surface area contributed by atoms with Gasteiger partial charge in [0, 0.05) is 12.6 Å². The minimum atomic E-state index is 0.889. The van der Waals surface area contributed by atoms with E-state index >= 15 is 0 Å². The number of rotatable bonds is 3. The Hall–Kier alpha value is -1.94. The molecule has 0 spiro atoms. The molecule has 0 aliphatic heterocycles. The maximum atomic E-state index is 4.63. The molecule has 0 atom stereocenters. The average Bonchev–Trinajstić information content (AvgIpc) is 3.00. The Labute approximate surface area is 110 Å². The van der Waals surface area contributed by atoms with Gasteiger partial charge in [0.1, 0.15) is 0 Å². The molecule has 18 heavy (non-hydrogen) atoms. The summed E-state index contributed by atoms with van der Waals surface area (Å²) in [4.78, 5) is 5.81. The number of H-pyrrole nitrogens is 1. The highest BCUT2D eigenvalue weighted by Crippen LogP contribution is 2.29. The van der Waals surface area contributed by atoms with Crippen LogP contribution in [0, 0.1) is 6.92 Å². The summed E-state index contributed by atoms with van der Waals surface area (Å²) >= 11 is 1.73. The first-order chi connectivity index (χ1) is 8.83. The predicted molar refractivity (Wildman–Crippen MR) is 73.7 cm³/mol. The first-order valence-electron chi connectivity index (χ1n) is 5.83. The van der Waals surface area contributed by atoms with Crippen molar-refractivity contribution in [2.75, 3.05) is 0 Å². The first kappa shape index (κ1) is 11.2. The lowest BCUT2D eigenvalue weighted by Crippen LogP contribution is -1.86. The highest BCUT2D eigenvalue weighted by Gasteiger charge is 2.10. The van der Waals surface area contributed by atoms with Crippen LogP contribution in [0.1, 0.15) is 16.3 Å². The van der Waals surface area contributed by atoms with Crippen molar-refractivity contribution in [1.82, 2.24) is 15.2 Å². The van der Waals surface area contributed by atoms with Crippen LogP contribution in [0.4, 0.5) is 0 Å². The molecule has 90 valence electrons. The molecule has 0 amide bonds. The molecule has 0 radical (unpaired) electrons. The van der Waals surface area contributed by atoms with E-state index in [2.05, 4.69) is 39.4 Å². The normalized spacial score (nSPS) is 10.7. The Morgan fingerprint density at radius 3 is 2.72 bits per heavy atom. The highest BCUT2D eigenvalue weighted by atomic mass is 32.1. The molecule has 1 aromatic carbocycles. The zero-order chi connectivity index (χ0) is 12.4.